The fraction of sp³-hybridized carbons (Fsp3) is 0.533. The van der Waals surface area contributed by atoms with Crippen molar-refractivity contribution in [3.63, 3.8) is 0 Å². The molecule has 2 rings (SSSR count). The average Bonchev–Trinajstić information content (AvgIpc) is 2.76. The van der Waals surface area contributed by atoms with Crippen LogP contribution in [0.4, 0.5) is 4.39 Å². The van der Waals surface area contributed by atoms with Crippen LogP contribution in [0.5, 0.6) is 0 Å². The number of aliphatic imine (C=N–C) groups is 1. The first kappa shape index (κ1) is 14.4. The summed E-state index contributed by atoms with van der Waals surface area (Å²) in [6.07, 6.45) is 1.17. The van der Waals surface area contributed by atoms with Gasteiger partial charge in [-0.1, -0.05) is 43.8 Å². The minimum absolute atomic E-state index is 0.0507. The van der Waals surface area contributed by atoms with Crippen LogP contribution >= 0.6 is 11.8 Å². The molecule has 0 spiro atoms. The Labute approximate surface area is 118 Å². The molecular formula is C15H21FN2S. The maximum absolute atomic E-state index is 13.7. The highest BCUT2D eigenvalue weighted by Crippen LogP contribution is 2.27. The van der Waals surface area contributed by atoms with E-state index in [0.717, 1.165) is 11.7 Å². The van der Waals surface area contributed by atoms with E-state index < -0.39 is 0 Å². The third-order valence-electron chi connectivity index (χ3n) is 3.16. The lowest BCUT2D eigenvalue weighted by atomic mass is 10.1. The Morgan fingerprint density at radius 1 is 1.37 bits per heavy atom. The molecule has 0 aromatic heterocycles. The molecule has 0 radical (unpaired) electrons. The van der Waals surface area contributed by atoms with E-state index in [-0.39, 0.29) is 11.9 Å². The van der Waals surface area contributed by atoms with Gasteiger partial charge in [0.1, 0.15) is 5.82 Å². The van der Waals surface area contributed by atoms with E-state index >= 15 is 0 Å². The average molecular weight is 280 g/mol. The second-order valence-corrected chi connectivity index (χ2v) is 6.69. The van der Waals surface area contributed by atoms with E-state index in [1.165, 1.54) is 12.5 Å². The Balaban J connectivity index is 1.91. The lowest BCUT2D eigenvalue weighted by Crippen LogP contribution is -2.24. The predicted molar refractivity (Wildman–Crippen MR) is 81.1 cm³/mol. The first-order valence-electron chi connectivity index (χ1n) is 6.78. The smallest absolute Gasteiger partial charge is 0.157 e. The van der Waals surface area contributed by atoms with Gasteiger partial charge in [0.15, 0.2) is 5.17 Å². The molecule has 0 saturated carbocycles. The van der Waals surface area contributed by atoms with Crippen molar-refractivity contribution < 1.29 is 4.39 Å². The number of amidine groups is 1. The fourth-order valence-electron chi connectivity index (χ4n) is 2.23. The van der Waals surface area contributed by atoms with Crippen LogP contribution in [0.1, 0.15) is 38.8 Å². The molecule has 104 valence electrons. The van der Waals surface area contributed by atoms with Gasteiger partial charge in [-0.2, -0.15) is 0 Å². The number of hydrogen-bond acceptors (Lipinski definition) is 3. The Morgan fingerprint density at radius 2 is 2.11 bits per heavy atom. The molecule has 0 aliphatic carbocycles. The molecule has 1 N–H and O–H groups in total. The molecule has 1 aliphatic rings. The maximum Gasteiger partial charge on any atom is 0.157 e. The van der Waals surface area contributed by atoms with E-state index in [1.807, 2.05) is 19.1 Å². The molecule has 2 unspecified atom stereocenters. The zero-order valence-electron chi connectivity index (χ0n) is 11.7. The summed E-state index contributed by atoms with van der Waals surface area (Å²) in [5.74, 6) is 0.529. The summed E-state index contributed by atoms with van der Waals surface area (Å²) in [4.78, 5) is 4.51. The molecule has 1 heterocycles. The van der Waals surface area contributed by atoms with Gasteiger partial charge in [-0.05, 0) is 25.3 Å². The first-order chi connectivity index (χ1) is 9.06. The number of nitrogens with one attached hydrogen (secondary N) is 1. The van der Waals surface area contributed by atoms with Crippen LogP contribution in [0.3, 0.4) is 0 Å². The highest BCUT2D eigenvalue weighted by molar-refractivity contribution is 8.14. The van der Waals surface area contributed by atoms with Crippen molar-refractivity contribution in [3.05, 3.63) is 35.6 Å². The number of nitrogens with zero attached hydrogens (tertiary/aromatic N) is 1. The van der Waals surface area contributed by atoms with Gasteiger partial charge < -0.3 is 5.32 Å². The predicted octanol–water partition coefficient (Wildman–Crippen LogP) is 3.99. The highest BCUT2D eigenvalue weighted by atomic mass is 32.2. The van der Waals surface area contributed by atoms with Crippen LogP contribution in [-0.4, -0.2) is 17.0 Å². The van der Waals surface area contributed by atoms with Crippen LogP contribution in [-0.2, 0) is 0 Å². The van der Waals surface area contributed by atoms with Gasteiger partial charge in [0, 0.05) is 10.8 Å². The minimum atomic E-state index is -0.162. The molecule has 19 heavy (non-hydrogen) atoms. The number of benzene rings is 1. The third-order valence-corrected chi connectivity index (χ3v) is 4.31. The lowest BCUT2D eigenvalue weighted by Gasteiger charge is -2.16. The SMILES string of the molecule is CC(C)CC1CN=C(NC(C)c2ccccc2F)S1. The van der Waals surface area contributed by atoms with Gasteiger partial charge in [-0.25, -0.2) is 4.39 Å². The van der Waals surface area contributed by atoms with Crippen molar-refractivity contribution in [1.29, 1.82) is 0 Å². The Morgan fingerprint density at radius 3 is 2.79 bits per heavy atom. The van der Waals surface area contributed by atoms with Crippen molar-refractivity contribution in [2.75, 3.05) is 6.54 Å². The topological polar surface area (TPSA) is 24.4 Å². The van der Waals surface area contributed by atoms with Gasteiger partial charge in [0.05, 0.1) is 12.6 Å². The number of hydrogen-bond donors (Lipinski definition) is 1. The van der Waals surface area contributed by atoms with Crippen LogP contribution in [0, 0.1) is 11.7 Å². The van der Waals surface area contributed by atoms with E-state index in [4.69, 9.17) is 0 Å². The van der Waals surface area contributed by atoms with E-state index in [2.05, 4.69) is 24.2 Å². The zero-order chi connectivity index (χ0) is 13.8. The molecule has 0 bridgehead atoms. The lowest BCUT2D eigenvalue weighted by molar-refractivity contribution is 0.574. The van der Waals surface area contributed by atoms with Gasteiger partial charge >= 0.3 is 0 Å². The number of thioether (sulfide) groups is 1. The summed E-state index contributed by atoms with van der Waals surface area (Å²) in [5, 5.41) is 4.82. The van der Waals surface area contributed by atoms with Gasteiger partial charge in [-0.15, -0.1) is 0 Å². The van der Waals surface area contributed by atoms with Crippen LogP contribution in [0.15, 0.2) is 29.3 Å². The monoisotopic (exact) mass is 280 g/mol. The van der Waals surface area contributed by atoms with Crippen LogP contribution in [0.2, 0.25) is 0 Å². The molecule has 1 aliphatic heterocycles. The molecule has 0 amide bonds. The molecule has 0 fully saturated rings. The van der Waals surface area contributed by atoms with Gasteiger partial charge in [-0.3, -0.25) is 4.99 Å². The largest absolute Gasteiger partial charge is 0.358 e. The summed E-state index contributed by atoms with van der Waals surface area (Å²) in [7, 11) is 0. The molecular weight excluding hydrogens is 259 g/mol. The first-order valence-corrected chi connectivity index (χ1v) is 7.66. The summed E-state index contributed by atoms with van der Waals surface area (Å²) in [6.45, 7) is 7.30. The maximum atomic E-state index is 13.7. The van der Waals surface area contributed by atoms with Crippen LogP contribution in [0.25, 0.3) is 0 Å². The Bertz CT molecular complexity index is 459. The van der Waals surface area contributed by atoms with Crippen molar-refractivity contribution in [3.8, 4) is 0 Å². The molecule has 0 saturated heterocycles. The van der Waals surface area contributed by atoms with Gasteiger partial charge in [0.25, 0.3) is 0 Å². The third kappa shape index (κ3) is 3.96. The standard InChI is InChI=1S/C15H21FN2S/c1-10(2)8-12-9-17-15(19-12)18-11(3)13-6-4-5-7-14(13)16/h4-7,10-12H,8-9H2,1-3H3,(H,17,18). The summed E-state index contributed by atoms with van der Waals surface area (Å²) in [6, 6.07) is 6.84. The second kappa shape index (κ2) is 6.42. The van der Waals surface area contributed by atoms with Crippen molar-refractivity contribution >= 4 is 16.9 Å². The minimum Gasteiger partial charge on any atom is -0.358 e. The number of halogens is 1. The van der Waals surface area contributed by atoms with Gasteiger partial charge in [0.2, 0.25) is 0 Å². The van der Waals surface area contributed by atoms with E-state index in [0.29, 0.717) is 16.7 Å². The van der Waals surface area contributed by atoms with E-state index in [9.17, 15) is 4.39 Å². The van der Waals surface area contributed by atoms with Crippen molar-refractivity contribution in [1.82, 2.24) is 5.32 Å². The highest BCUT2D eigenvalue weighted by Gasteiger charge is 2.22. The van der Waals surface area contributed by atoms with Crippen molar-refractivity contribution in [2.45, 2.75) is 38.5 Å². The quantitative estimate of drug-likeness (QED) is 0.901. The molecule has 1 aromatic carbocycles. The van der Waals surface area contributed by atoms with Crippen molar-refractivity contribution in [2.24, 2.45) is 10.9 Å². The Hall–Kier alpha value is -1.03. The number of rotatable bonds is 4. The summed E-state index contributed by atoms with van der Waals surface area (Å²) < 4.78 is 13.7. The molecule has 2 nitrogen and oxygen atoms in total. The molecule has 1 aromatic rings. The Kier molecular flexibility index (Phi) is 4.86. The molecule has 4 heteroatoms. The summed E-state index contributed by atoms with van der Waals surface area (Å²) >= 11 is 1.78. The second-order valence-electron chi connectivity index (χ2n) is 5.40. The summed E-state index contributed by atoms with van der Waals surface area (Å²) in [5.41, 5.74) is 0.693. The van der Waals surface area contributed by atoms with Crippen LogP contribution < -0.4 is 5.32 Å². The van der Waals surface area contributed by atoms with E-state index in [1.54, 1.807) is 17.8 Å². The zero-order valence-corrected chi connectivity index (χ0v) is 12.5. The fourth-order valence-corrected chi connectivity index (χ4v) is 3.57. The molecule has 2 atom stereocenters. The normalized spacial score (nSPS) is 20.5.